The molecule has 1 aromatic carbocycles. The van der Waals surface area contributed by atoms with Crippen LogP contribution in [0.1, 0.15) is 0 Å². The normalized spacial score (nSPS) is 10.4. The quantitative estimate of drug-likeness (QED) is 0.789. The largest absolute Gasteiger partial charge is 0.398 e. The van der Waals surface area contributed by atoms with Gasteiger partial charge in [-0.1, -0.05) is 15.9 Å². The maximum absolute atomic E-state index is 5.87. The average molecular weight is 253 g/mol. The molecular weight excluding hydrogens is 244 g/mol. The number of nitrogens with two attached hydrogens (primary N) is 1. The summed E-state index contributed by atoms with van der Waals surface area (Å²) in [6.45, 7) is 0. The van der Waals surface area contributed by atoms with Gasteiger partial charge in [-0.15, -0.1) is 0 Å². The number of nitrogen functional groups attached to an aromatic ring is 1. The Labute approximate surface area is 89.9 Å². The topological polar surface area (TPSA) is 56.7 Å². The molecule has 72 valence electrons. The summed E-state index contributed by atoms with van der Waals surface area (Å²) in [5.74, 6) is 0.773. The highest BCUT2D eigenvalue weighted by atomic mass is 79.9. The van der Waals surface area contributed by atoms with E-state index in [9.17, 15) is 0 Å². The Hall–Kier alpha value is -1.36. The van der Waals surface area contributed by atoms with Crippen LogP contribution in [0.5, 0.6) is 0 Å². The minimum Gasteiger partial charge on any atom is -0.398 e. The molecule has 2 N–H and O–H groups in total. The highest BCUT2D eigenvalue weighted by Gasteiger charge is 2.07. The zero-order valence-corrected chi connectivity index (χ0v) is 9.19. The van der Waals surface area contributed by atoms with E-state index in [4.69, 9.17) is 5.73 Å². The van der Waals surface area contributed by atoms with Crippen molar-refractivity contribution in [2.75, 3.05) is 5.73 Å². The Morgan fingerprint density at radius 2 is 2.21 bits per heavy atom. The molecule has 1 aromatic heterocycles. The summed E-state index contributed by atoms with van der Waals surface area (Å²) in [7, 11) is 1.84. The molecule has 0 bridgehead atoms. The summed E-state index contributed by atoms with van der Waals surface area (Å²) in [5.41, 5.74) is 7.46. The van der Waals surface area contributed by atoms with E-state index in [1.807, 2.05) is 25.2 Å². The number of aryl methyl sites for hydroxylation is 1. The molecule has 2 aromatic rings. The summed E-state index contributed by atoms with van der Waals surface area (Å²) in [4.78, 5) is 4.13. The Morgan fingerprint density at radius 1 is 1.43 bits per heavy atom. The number of hydrogen-bond donors (Lipinski definition) is 1. The summed E-state index contributed by atoms with van der Waals surface area (Å²) in [6.07, 6.45) is 1.51. The second-order valence-corrected chi connectivity index (χ2v) is 3.85. The Bertz CT molecular complexity index is 464. The van der Waals surface area contributed by atoms with Crippen molar-refractivity contribution in [3.8, 4) is 11.4 Å². The molecule has 0 unspecified atom stereocenters. The average Bonchev–Trinajstić information content (AvgIpc) is 2.52. The fraction of sp³-hybridized carbons (Fsp3) is 0.111. The van der Waals surface area contributed by atoms with Gasteiger partial charge in [-0.05, 0) is 18.2 Å². The van der Waals surface area contributed by atoms with Gasteiger partial charge in [-0.2, -0.15) is 5.10 Å². The molecule has 5 heteroatoms. The highest BCUT2D eigenvalue weighted by molar-refractivity contribution is 9.10. The van der Waals surface area contributed by atoms with Crippen LogP contribution in [0.4, 0.5) is 5.69 Å². The van der Waals surface area contributed by atoms with Crippen molar-refractivity contribution in [1.82, 2.24) is 14.8 Å². The molecule has 0 radical (unpaired) electrons. The van der Waals surface area contributed by atoms with Crippen LogP contribution >= 0.6 is 15.9 Å². The number of nitrogens with zero attached hydrogens (tertiary/aromatic N) is 3. The second-order valence-electron chi connectivity index (χ2n) is 2.94. The van der Waals surface area contributed by atoms with E-state index in [2.05, 4.69) is 26.0 Å². The molecule has 0 saturated carbocycles. The van der Waals surface area contributed by atoms with Crippen molar-refractivity contribution in [1.29, 1.82) is 0 Å². The Morgan fingerprint density at radius 3 is 2.79 bits per heavy atom. The first-order chi connectivity index (χ1) is 6.68. The first kappa shape index (κ1) is 9.21. The van der Waals surface area contributed by atoms with Crippen molar-refractivity contribution >= 4 is 21.6 Å². The Balaban J connectivity index is 2.58. The minimum atomic E-state index is 0.690. The summed E-state index contributed by atoms with van der Waals surface area (Å²) in [5, 5.41) is 3.99. The maximum Gasteiger partial charge on any atom is 0.159 e. The summed E-state index contributed by atoms with van der Waals surface area (Å²) >= 11 is 3.36. The zero-order chi connectivity index (χ0) is 10.1. The summed E-state index contributed by atoms with van der Waals surface area (Å²) in [6, 6.07) is 5.70. The van der Waals surface area contributed by atoms with E-state index in [1.165, 1.54) is 6.33 Å². The molecule has 0 aliphatic heterocycles. The van der Waals surface area contributed by atoms with Crippen LogP contribution in [0.2, 0.25) is 0 Å². The van der Waals surface area contributed by atoms with Gasteiger partial charge >= 0.3 is 0 Å². The van der Waals surface area contributed by atoms with Crippen LogP contribution in [-0.4, -0.2) is 14.8 Å². The lowest BCUT2D eigenvalue weighted by Gasteiger charge is -2.04. The smallest absolute Gasteiger partial charge is 0.159 e. The molecule has 0 amide bonds. The second kappa shape index (κ2) is 3.42. The van der Waals surface area contributed by atoms with E-state index < -0.39 is 0 Å². The molecule has 0 atom stereocenters. The predicted octanol–water partition coefficient (Wildman–Crippen LogP) is 1.83. The van der Waals surface area contributed by atoms with Gasteiger partial charge in [0.05, 0.1) is 0 Å². The number of aromatic nitrogens is 3. The molecule has 0 aliphatic rings. The first-order valence-corrected chi connectivity index (χ1v) is 4.87. The van der Waals surface area contributed by atoms with Crippen LogP contribution < -0.4 is 5.73 Å². The first-order valence-electron chi connectivity index (χ1n) is 4.08. The minimum absolute atomic E-state index is 0.690. The van der Waals surface area contributed by atoms with E-state index in [0.717, 1.165) is 15.9 Å². The van der Waals surface area contributed by atoms with Gasteiger partial charge in [0.2, 0.25) is 0 Å². The molecule has 0 spiro atoms. The van der Waals surface area contributed by atoms with E-state index in [1.54, 1.807) is 4.68 Å². The van der Waals surface area contributed by atoms with Gasteiger partial charge in [0, 0.05) is 22.8 Å². The van der Waals surface area contributed by atoms with Crippen LogP contribution in [0.3, 0.4) is 0 Å². The number of rotatable bonds is 1. The molecule has 4 nitrogen and oxygen atoms in total. The third-order valence-electron chi connectivity index (χ3n) is 1.97. The fourth-order valence-electron chi connectivity index (χ4n) is 1.28. The standard InChI is InChI=1S/C9H9BrN4/c1-14-9(12-5-13-14)7-3-2-6(10)4-8(7)11/h2-5H,11H2,1H3. The fourth-order valence-corrected chi connectivity index (χ4v) is 1.66. The number of hydrogen-bond acceptors (Lipinski definition) is 3. The van der Waals surface area contributed by atoms with Crippen molar-refractivity contribution in [2.24, 2.45) is 7.05 Å². The van der Waals surface area contributed by atoms with E-state index in [0.29, 0.717) is 5.69 Å². The van der Waals surface area contributed by atoms with Gasteiger partial charge in [-0.3, -0.25) is 0 Å². The molecular formula is C9H9BrN4. The summed E-state index contributed by atoms with van der Waals surface area (Å²) < 4.78 is 2.65. The zero-order valence-electron chi connectivity index (χ0n) is 7.61. The number of halogens is 1. The molecule has 0 aliphatic carbocycles. The van der Waals surface area contributed by atoms with Crippen LogP contribution in [0.25, 0.3) is 11.4 Å². The highest BCUT2D eigenvalue weighted by Crippen LogP contribution is 2.26. The molecule has 0 saturated heterocycles. The lowest BCUT2D eigenvalue weighted by molar-refractivity contribution is 0.775. The lowest BCUT2D eigenvalue weighted by atomic mass is 10.2. The molecule has 2 rings (SSSR count). The van der Waals surface area contributed by atoms with Crippen molar-refractivity contribution < 1.29 is 0 Å². The van der Waals surface area contributed by atoms with Crippen molar-refractivity contribution in [2.45, 2.75) is 0 Å². The van der Waals surface area contributed by atoms with Crippen LogP contribution in [0, 0.1) is 0 Å². The molecule has 14 heavy (non-hydrogen) atoms. The SMILES string of the molecule is Cn1ncnc1-c1ccc(Br)cc1N. The van der Waals surface area contributed by atoms with E-state index >= 15 is 0 Å². The predicted molar refractivity (Wildman–Crippen MR) is 58.6 cm³/mol. The Kier molecular flexibility index (Phi) is 2.25. The van der Waals surface area contributed by atoms with Gasteiger partial charge in [0.25, 0.3) is 0 Å². The monoisotopic (exact) mass is 252 g/mol. The van der Waals surface area contributed by atoms with Gasteiger partial charge in [-0.25, -0.2) is 9.67 Å². The van der Waals surface area contributed by atoms with Crippen LogP contribution in [-0.2, 0) is 7.05 Å². The van der Waals surface area contributed by atoms with E-state index in [-0.39, 0.29) is 0 Å². The van der Waals surface area contributed by atoms with Crippen molar-refractivity contribution in [3.05, 3.63) is 29.0 Å². The van der Waals surface area contributed by atoms with Gasteiger partial charge in [0.15, 0.2) is 5.82 Å². The molecule has 1 heterocycles. The lowest BCUT2D eigenvalue weighted by Crippen LogP contribution is -1.97. The molecule has 0 fully saturated rings. The third kappa shape index (κ3) is 1.50. The van der Waals surface area contributed by atoms with Gasteiger partial charge in [0.1, 0.15) is 6.33 Å². The van der Waals surface area contributed by atoms with Crippen LogP contribution in [0.15, 0.2) is 29.0 Å². The third-order valence-corrected chi connectivity index (χ3v) is 2.46. The maximum atomic E-state index is 5.87. The van der Waals surface area contributed by atoms with Crippen molar-refractivity contribution in [3.63, 3.8) is 0 Å². The number of benzene rings is 1. The number of anilines is 1. The van der Waals surface area contributed by atoms with Gasteiger partial charge < -0.3 is 5.73 Å².